The van der Waals surface area contributed by atoms with Crippen LogP contribution in [0.1, 0.15) is 24.8 Å². The van der Waals surface area contributed by atoms with Gasteiger partial charge in [-0.05, 0) is 24.5 Å². The fourth-order valence-corrected chi connectivity index (χ4v) is 2.87. The van der Waals surface area contributed by atoms with Gasteiger partial charge in [-0.2, -0.15) is 0 Å². The Morgan fingerprint density at radius 3 is 2.88 bits per heavy atom. The number of rotatable bonds is 0. The lowest BCUT2D eigenvalue weighted by Gasteiger charge is -2.29. The molecule has 80 valence electrons. The number of carbonyl (C=O) groups excluding carboxylic acids is 1. The molecule has 0 aromatic heterocycles. The van der Waals surface area contributed by atoms with Crippen LogP contribution in [0.25, 0.3) is 0 Å². The molecule has 3 aliphatic rings. The van der Waals surface area contributed by atoms with Crippen LogP contribution in [0.5, 0.6) is 0 Å². The van der Waals surface area contributed by atoms with Gasteiger partial charge in [-0.1, -0.05) is 18.2 Å². The topological polar surface area (TPSA) is 32.7 Å². The van der Waals surface area contributed by atoms with Crippen molar-refractivity contribution < 1.29 is 4.79 Å². The second-order valence-electron chi connectivity index (χ2n) is 4.87. The van der Waals surface area contributed by atoms with Crippen LogP contribution >= 0.6 is 0 Å². The highest BCUT2D eigenvalue weighted by molar-refractivity contribution is 6.14. The van der Waals surface area contributed by atoms with Crippen LogP contribution in [0.4, 0.5) is 5.69 Å². The summed E-state index contributed by atoms with van der Waals surface area (Å²) in [7, 11) is 0. The first-order chi connectivity index (χ1) is 7.79. The van der Waals surface area contributed by atoms with Crippen LogP contribution in [0.3, 0.4) is 0 Å². The molecule has 3 nitrogen and oxygen atoms in total. The summed E-state index contributed by atoms with van der Waals surface area (Å²) >= 11 is 0. The van der Waals surface area contributed by atoms with Crippen LogP contribution in [0.2, 0.25) is 0 Å². The molecule has 1 saturated carbocycles. The van der Waals surface area contributed by atoms with Crippen molar-refractivity contribution in [1.82, 2.24) is 4.90 Å². The molecule has 0 radical (unpaired) electrons. The Morgan fingerprint density at radius 1 is 1.25 bits per heavy atom. The smallest absolute Gasteiger partial charge is 0.165 e. The Bertz CT molecular complexity index is 528. The Labute approximate surface area is 93.8 Å². The molecule has 0 bridgehead atoms. The first-order valence-electron chi connectivity index (χ1n) is 5.76. The number of aliphatic imine (C=N–C) groups is 1. The van der Waals surface area contributed by atoms with E-state index >= 15 is 0 Å². The minimum Gasteiger partial charge on any atom is -0.342 e. The highest BCUT2D eigenvalue weighted by atomic mass is 16.1. The number of benzene rings is 1. The Morgan fingerprint density at radius 2 is 2.06 bits per heavy atom. The molecule has 1 aromatic rings. The summed E-state index contributed by atoms with van der Waals surface area (Å²) in [6, 6.07) is 8.18. The number of Topliss-reactive ketones (excluding diaryl/α,β-unsaturated/α-hetero) is 1. The molecule has 2 heterocycles. The summed E-state index contributed by atoms with van der Waals surface area (Å²) in [5.41, 5.74) is 2.14. The fourth-order valence-electron chi connectivity index (χ4n) is 2.87. The third-order valence-corrected chi connectivity index (χ3v) is 3.96. The highest BCUT2D eigenvalue weighted by Crippen LogP contribution is 2.50. The summed E-state index contributed by atoms with van der Waals surface area (Å²) in [6.07, 6.45) is 2.58. The van der Waals surface area contributed by atoms with E-state index in [1.165, 1.54) is 5.56 Å². The normalized spacial score (nSPS) is 24.1. The molecule has 16 heavy (non-hydrogen) atoms. The second-order valence-corrected chi connectivity index (χ2v) is 4.87. The lowest BCUT2D eigenvalue weighted by molar-refractivity contribution is -0.121. The van der Waals surface area contributed by atoms with Crippen molar-refractivity contribution in [2.45, 2.75) is 31.3 Å². The highest BCUT2D eigenvalue weighted by Gasteiger charge is 2.60. The van der Waals surface area contributed by atoms with Gasteiger partial charge >= 0.3 is 0 Å². The van der Waals surface area contributed by atoms with Crippen LogP contribution in [0.15, 0.2) is 29.3 Å². The van der Waals surface area contributed by atoms with Gasteiger partial charge in [0.25, 0.3) is 0 Å². The van der Waals surface area contributed by atoms with Crippen molar-refractivity contribution in [3.05, 3.63) is 29.8 Å². The number of hydrogen-bond donors (Lipinski definition) is 0. The number of para-hydroxylation sites is 1. The van der Waals surface area contributed by atoms with E-state index in [0.29, 0.717) is 12.2 Å². The van der Waals surface area contributed by atoms with Crippen LogP contribution in [0, 0.1) is 0 Å². The third kappa shape index (κ3) is 0.889. The summed E-state index contributed by atoms with van der Waals surface area (Å²) in [5.74, 6) is 1.36. The first kappa shape index (κ1) is 8.50. The second kappa shape index (κ2) is 2.54. The zero-order valence-corrected chi connectivity index (χ0v) is 8.94. The molecule has 1 aliphatic carbocycles. The predicted molar refractivity (Wildman–Crippen MR) is 60.7 cm³/mol. The summed E-state index contributed by atoms with van der Waals surface area (Å²) < 4.78 is 0. The molecule has 4 rings (SSSR count). The standard InChI is InChI=1S/C13H12N2O/c16-11-7-12-14-10-4-2-1-3-9(10)8-15(12)13(11)5-6-13/h1-4H,5-8H2. The lowest BCUT2D eigenvalue weighted by atomic mass is 10.1. The van der Waals surface area contributed by atoms with Gasteiger partial charge in [-0.25, -0.2) is 4.99 Å². The summed E-state index contributed by atoms with van der Waals surface area (Å²) in [5, 5.41) is 0. The molecular weight excluding hydrogens is 200 g/mol. The summed E-state index contributed by atoms with van der Waals surface area (Å²) in [6.45, 7) is 0.862. The predicted octanol–water partition coefficient (Wildman–Crippen LogP) is 2.04. The lowest BCUT2D eigenvalue weighted by Crippen LogP contribution is -2.38. The minimum absolute atomic E-state index is 0.146. The van der Waals surface area contributed by atoms with E-state index in [1.54, 1.807) is 0 Å². The Kier molecular flexibility index (Phi) is 1.35. The molecule has 2 fully saturated rings. The maximum absolute atomic E-state index is 12.0. The molecular formula is C13H12N2O. The number of amidine groups is 1. The first-order valence-corrected chi connectivity index (χ1v) is 5.76. The van der Waals surface area contributed by atoms with E-state index in [-0.39, 0.29) is 5.54 Å². The van der Waals surface area contributed by atoms with E-state index in [2.05, 4.69) is 16.0 Å². The van der Waals surface area contributed by atoms with Crippen LogP contribution in [-0.2, 0) is 11.3 Å². The molecule has 1 saturated heterocycles. The van der Waals surface area contributed by atoms with E-state index < -0.39 is 0 Å². The maximum atomic E-state index is 12.0. The van der Waals surface area contributed by atoms with Gasteiger partial charge in [0.1, 0.15) is 11.4 Å². The monoisotopic (exact) mass is 212 g/mol. The molecule has 1 aromatic carbocycles. The van der Waals surface area contributed by atoms with Crippen molar-refractivity contribution in [2.24, 2.45) is 4.99 Å². The van der Waals surface area contributed by atoms with Crippen molar-refractivity contribution in [2.75, 3.05) is 0 Å². The van der Waals surface area contributed by atoms with Gasteiger partial charge < -0.3 is 4.90 Å². The molecule has 0 N–H and O–H groups in total. The average Bonchev–Trinajstić information content (AvgIpc) is 3.04. The maximum Gasteiger partial charge on any atom is 0.165 e. The van der Waals surface area contributed by atoms with Crippen LogP contribution < -0.4 is 0 Å². The molecule has 2 aliphatic heterocycles. The largest absolute Gasteiger partial charge is 0.342 e. The Balaban J connectivity index is 1.86. The van der Waals surface area contributed by atoms with Gasteiger partial charge in [0.15, 0.2) is 5.78 Å². The quantitative estimate of drug-likeness (QED) is 0.659. The SMILES string of the molecule is O=C1CC2=Nc3ccccc3CN2C12CC2. The molecule has 0 amide bonds. The van der Waals surface area contributed by atoms with Gasteiger partial charge in [0.2, 0.25) is 0 Å². The number of hydrogen-bond acceptors (Lipinski definition) is 3. The zero-order chi connectivity index (χ0) is 10.8. The zero-order valence-electron chi connectivity index (χ0n) is 8.94. The van der Waals surface area contributed by atoms with Crippen molar-refractivity contribution in [3.8, 4) is 0 Å². The van der Waals surface area contributed by atoms with Crippen LogP contribution in [-0.4, -0.2) is 22.1 Å². The van der Waals surface area contributed by atoms with E-state index in [0.717, 1.165) is 30.9 Å². The number of carbonyl (C=O) groups is 1. The number of fused-ring (bicyclic) bond motifs is 3. The Hall–Kier alpha value is -1.64. The third-order valence-electron chi connectivity index (χ3n) is 3.96. The number of nitrogens with zero attached hydrogens (tertiary/aromatic N) is 2. The average molecular weight is 212 g/mol. The molecule has 3 heteroatoms. The summed E-state index contributed by atoms with van der Waals surface area (Å²) in [4.78, 5) is 18.8. The van der Waals surface area contributed by atoms with Crippen molar-refractivity contribution in [1.29, 1.82) is 0 Å². The van der Waals surface area contributed by atoms with Crippen molar-refractivity contribution in [3.63, 3.8) is 0 Å². The van der Waals surface area contributed by atoms with Gasteiger partial charge in [-0.15, -0.1) is 0 Å². The van der Waals surface area contributed by atoms with Gasteiger partial charge in [0, 0.05) is 6.54 Å². The molecule has 1 spiro atoms. The van der Waals surface area contributed by atoms with Crippen molar-refractivity contribution >= 4 is 17.3 Å². The van der Waals surface area contributed by atoms with Gasteiger partial charge in [-0.3, -0.25) is 4.79 Å². The molecule has 0 unspecified atom stereocenters. The fraction of sp³-hybridized carbons (Fsp3) is 0.385. The molecule has 0 atom stereocenters. The van der Waals surface area contributed by atoms with E-state index in [1.807, 2.05) is 18.2 Å². The van der Waals surface area contributed by atoms with E-state index in [9.17, 15) is 4.79 Å². The minimum atomic E-state index is -0.146. The van der Waals surface area contributed by atoms with E-state index in [4.69, 9.17) is 0 Å². The number of ketones is 1. The van der Waals surface area contributed by atoms with Gasteiger partial charge in [0.05, 0.1) is 12.1 Å².